The molecule has 1 fully saturated rings. The fourth-order valence-corrected chi connectivity index (χ4v) is 3.92. The summed E-state index contributed by atoms with van der Waals surface area (Å²) < 4.78 is 5.97. The summed E-state index contributed by atoms with van der Waals surface area (Å²) in [6, 6.07) is 0.0774. The number of nitrogens with two attached hydrogens (primary N) is 1. The van der Waals surface area contributed by atoms with Crippen LogP contribution in [0, 0.1) is 12.8 Å². The van der Waals surface area contributed by atoms with Crippen LogP contribution < -0.4 is 5.73 Å². The number of thiazole rings is 1. The zero-order chi connectivity index (χ0) is 13.7. The number of aryl methyl sites for hydroxylation is 1. The molecule has 0 radical (unpaired) electrons. The fourth-order valence-electron chi connectivity index (χ4n) is 3.08. The predicted molar refractivity (Wildman–Crippen MR) is 80.5 cm³/mol. The molecule has 0 spiro atoms. The Hall–Kier alpha value is -0.450. The summed E-state index contributed by atoms with van der Waals surface area (Å²) in [7, 11) is 0. The minimum absolute atomic E-state index is 0.0774. The van der Waals surface area contributed by atoms with Crippen LogP contribution in [0.2, 0.25) is 0 Å². The van der Waals surface area contributed by atoms with Gasteiger partial charge in [0, 0.05) is 30.1 Å². The van der Waals surface area contributed by atoms with Gasteiger partial charge in [-0.1, -0.05) is 19.3 Å². The lowest BCUT2D eigenvalue weighted by atomic mass is 9.82. The first-order chi connectivity index (χ1) is 9.20. The van der Waals surface area contributed by atoms with Gasteiger partial charge >= 0.3 is 0 Å². The van der Waals surface area contributed by atoms with Crippen molar-refractivity contribution in [3.05, 3.63) is 16.1 Å². The van der Waals surface area contributed by atoms with E-state index >= 15 is 0 Å². The topological polar surface area (TPSA) is 48.1 Å². The van der Waals surface area contributed by atoms with Crippen molar-refractivity contribution >= 4 is 11.3 Å². The third kappa shape index (κ3) is 4.26. The van der Waals surface area contributed by atoms with Crippen LogP contribution in [-0.2, 0) is 11.2 Å². The molecule has 0 amide bonds. The average molecular weight is 282 g/mol. The highest BCUT2D eigenvalue weighted by atomic mass is 32.1. The maximum absolute atomic E-state index is 6.42. The second kappa shape index (κ2) is 7.36. The fraction of sp³-hybridized carbons (Fsp3) is 0.800. The number of rotatable bonds is 6. The van der Waals surface area contributed by atoms with Crippen LogP contribution in [0.1, 0.15) is 49.7 Å². The summed E-state index contributed by atoms with van der Waals surface area (Å²) >= 11 is 1.71. The van der Waals surface area contributed by atoms with Gasteiger partial charge in [0.25, 0.3) is 0 Å². The Bertz CT molecular complexity index is 374. The second-order valence-electron chi connectivity index (χ2n) is 5.57. The van der Waals surface area contributed by atoms with E-state index in [2.05, 4.69) is 17.3 Å². The molecule has 19 heavy (non-hydrogen) atoms. The van der Waals surface area contributed by atoms with Crippen LogP contribution in [0.5, 0.6) is 0 Å². The number of ether oxygens (including phenoxy) is 1. The van der Waals surface area contributed by atoms with Crippen LogP contribution in [-0.4, -0.2) is 23.7 Å². The van der Waals surface area contributed by atoms with Gasteiger partial charge in [-0.3, -0.25) is 0 Å². The van der Waals surface area contributed by atoms with Crippen LogP contribution in [0.4, 0.5) is 0 Å². The van der Waals surface area contributed by atoms with E-state index in [1.807, 2.05) is 6.92 Å². The number of nitrogens with zero attached hydrogens (tertiary/aromatic N) is 1. The molecule has 0 aliphatic heterocycles. The second-order valence-corrected chi connectivity index (χ2v) is 6.51. The SMILES string of the molecule is CCOC(C(N)Cc1nc(C)cs1)C1CCCCC1. The first-order valence-electron chi connectivity index (χ1n) is 7.49. The van der Waals surface area contributed by atoms with E-state index in [4.69, 9.17) is 10.5 Å². The molecule has 2 atom stereocenters. The van der Waals surface area contributed by atoms with Crippen LogP contribution >= 0.6 is 11.3 Å². The maximum atomic E-state index is 6.42. The Labute approximate surface area is 120 Å². The smallest absolute Gasteiger partial charge is 0.0944 e. The van der Waals surface area contributed by atoms with Crippen LogP contribution in [0.3, 0.4) is 0 Å². The Kier molecular flexibility index (Phi) is 5.79. The molecule has 0 saturated heterocycles. The molecule has 1 aromatic rings. The quantitative estimate of drug-likeness (QED) is 0.871. The van der Waals surface area contributed by atoms with Crippen molar-refractivity contribution < 1.29 is 4.74 Å². The van der Waals surface area contributed by atoms with E-state index in [0.717, 1.165) is 23.7 Å². The van der Waals surface area contributed by atoms with E-state index < -0.39 is 0 Å². The monoisotopic (exact) mass is 282 g/mol. The third-order valence-electron chi connectivity index (χ3n) is 3.97. The number of hydrogen-bond donors (Lipinski definition) is 1. The van der Waals surface area contributed by atoms with Crippen molar-refractivity contribution in [2.75, 3.05) is 6.61 Å². The minimum Gasteiger partial charge on any atom is -0.377 e. The summed E-state index contributed by atoms with van der Waals surface area (Å²) in [6.07, 6.45) is 7.63. The minimum atomic E-state index is 0.0774. The first-order valence-corrected chi connectivity index (χ1v) is 8.37. The van der Waals surface area contributed by atoms with Gasteiger partial charge in [0.2, 0.25) is 0 Å². The van der Waals surface area contributed by atoms with Crippen molar-refractivity contribution in [2.24, 2.45) is 11.7 Å². The molecule has 2 unspecified atom stereocenters. The van der Waals surface area contributed by atoms with E-state index in [1.54, 1.807) is 11.3 Å². The molecule has 1 saturated carbocycles. The van der Waals surface area contributed by atoms with Crippen LogP contribution in [0.15, 0.2) is 5.38 Å². The van der Waals surface area contributed by atoms with Crippen molar-refractivity contribution in [3.8, 4) is 0 Å². The zero-order valence-electron chi connectivity index (χ0n) is 12.1. The number of aromatic nitrogens is 1. The van der Waals surface area contributed by atoms with E-state index in [9.17, 15) is 0 Å². The molecule has 3 nitrogen and oxygen atoms in total. The molecule has 1 aliphatic rings. The maximum Gasteiger partial charge on any atom is 0.0944 e. The highest BCUT2D eigenvalue weighted by molar-refractivity contribution is 7.09. The molecule has 0 bridgehead atoms. The summed E-state index contributed by atoms with van der Waals surface area (Å²) in [4.78, 5) is 4.52. The molecule has 1 aromatic heterocycles. The van der Waals surface area contributed by atoms with Crippen molar-refractivity contribution in [1.29, 1.82) is 0 Å². The van der Waals surface area contributed by atoms with Gasteiger partial charge in [0.15, 0.2) is 0 Å². The van der Waals surface area contributed by atoms with E-state index in [1.165, 1.54) is 32.1 Å². The summed E-state index contributed by atoms with van der Waals surface area (Å²) in [5.74, 6) is 0.643. The molecule has 2 N–H and O–H groups in total. The van der Waals surface area contributed by atoms with E-state index in [-0.39, 0.29) is 12.1 Å². The molecule has 1 heterocycles. The molecule has 4 heteroatoms. The van der Waals surface area contributed by atoms with Crippen molar-refractivity contribution in [3.63, 3.8) is 0 Å². The van der Waals surface area contributed by atoms with Gasteiger partial charge in [0.05, 0.1) is 11.1 Å². The Morgan fingerprint density at radius 3 is 2.74 bits per heavy atom. The lowest BCUT2D eigenvalue weighted by Gasteiger charge is -2.33. The molecule has 0 aromatic carbocycles. The normalized spacial score (nSPS) is 20.4. The van der Waals surface area contributed by atoms with Gasteiger partial charge < -0.3 is 10.5 Å². The summed E-state index contributed by atoms with van der Waals surface area (Å²) in [6.45, 7) is 4.86. The lowest BCUT2D eigenvalue weighted by Crippen LogP contribution is -2.44. The van der Waals surface area contributed by atoms with Gasteiger partial charge in [-0.2, -0.15) is 0 Å². The van der Waals surface area contributed by atoms with Crippen LogP contribution in [0.25, 0.3) is 0 Å². The summed E-state index contributed by atoms with van der Waals surface area (Å²) in [5, 5.41) is 3.24. The van der Waals surface area contributed by atoms with Gasteiger partial charge in [-0.05, 0) is 32.6 Å². The Balaban J connectivity index is 1.96. The predicted octanol–water partition coefficient (Wildman–Crippen LogP) is 3.31. The zero-order valence-corrected chi connectivity index (χ0v) is 12.9. The first kappa shape index (κ1) is 14.9. The lowest BCUT2D eigenvalue weighted by molar-refractivity contribution is -0.00913. The molecular weight excluding hydrogens is 256 g/mol. The standard InChI is InChI=1S/C15H26N2OS/c1-3-18-15(12-7-5-4-6-8-12)13(16)9-14-17-11(2)10-19-14/h10,12-13,15H,3-9,16H2,1-2H3. The third-order valence-corrected chi connectivity index (χ3v) is 4.96. The van der Waals surface area contributed by atoms with Crippen molar-refractivity contribution in [2.45, 2.75) is 64.5 Å². The molecule has 1 aliphatic carbocycles. The van der Waals surface area contributed by atoms with Gasteiger partial charge in [0.1, 0.15) is 0 Å². The highest BCUT2D eigenvalue weighted by Crippen LogP contribution is 2.30. The highest BCUT2D eigenvalue weighted by Gasteiger charge is 2.29. The molecule has 2 rings (SSSR count). The average Bonchev–Trinajstić information content (AvgIpc) is 2.82. The molecule has 108 valence electrons. The van der Waals surface area contributed by atoms with E-state index in [0.29, 0.717) is 5.92 Å². The Morgan fingerprint density at radius 2 is 2.16 bits per heavy atom. The Morgan fingerprint density at radius 1 is 1.42 bits per heavy atom. The van der Waals surface area contributed by atoms with Crippen molar-refractivity contribution in [1.82, 2.24) is 4.98 Å². The largest absolute Gasteiger partial charge is 0.377 e. The van der Waals surface area contributed by atoms with Gasteiger partial charge in [-0.15, -0.1) is 11.3 Å². The van der Waals surface area contributed by atoms with Gasteiger partial charge in [-0.25, -0.2) is 4.98 Å². The number of hydrogen-bond acceptors (Lipinski definition) is 4. The molecular formula is C15H26N2OS. The summed E-state index contributed by atoms with van der Waals surface area (Å²) in [5.41, 5.74) is 7.51.